The highest BCUT2D eigenvalue weighted by atomic mass is 79.9. The molecule has 0 fully saturated rings. The van der Waals surface area contributed by atoms with E-state index in [9.17, 15) is 5.11 Å². The van der Waals surface area contributed by atoms with Crippen LogP contribution in [0.3, 0.4) is 0 Å². The van der Waals surface area contributed by atoms with Crippen molar-refractivity contribution in [2.24, 2.45) is 5.73 Å². The van der Waals surface area contributed by atoms with Crippen LogP contribution >= 0.6 is 39.9 Å². The van der Waals surface area contributed by atoms with E-state index in [1.54, 1.807) is 12.1 Å². The fourth-order valence-electron chi connectivity index (χ4n) is 1.45. The third kappa shape index (κ3) is 4.22. The predicted molar refractivity (Wildman–Crippen MR) is 74.2 cm³/mol. The van der Waals surface area contributed by atoms with Gasteiger partial charge in [0.25, 0.3) is 0 Å². The normalized spacial score (nSPS) is 14.1. The molecule has 0 bridgehead atoms. The number of aliphatic hydroxyl groups excluding tert-OH is 1. The molecule has 0 aliphatic rings. The van der Waals surface area contributed by atoms with Gasteiger partial charge in [-0.2, -0.15) is 0 Å². The Morgan fingerprint density at radius 1 is 1.50 bits per heavy atom. The van der Waals surface area contributed by atoms with Gasteiger partial charge in [0.05, 0.1) is 12.1 Å². The summed E-state index contributed by atoms with van der Waals surface area (Å²) >= 11 is 9.22. The lowest BCUT2D eigenvalue weighted by Gasteiger charge is -2.19. The van der Waals surface area contributed by atoms with Crippen molar-refractivity contribution in [1.29, 1.82) is 0 Å². The van der Waals surface area contributed by atoms with E-state index in [1.165, 1.54) is 0 Å². The SMILES string of the molecule is CCC[C@@H](O)[C@@H](N)c1ccc(Cl)cc1Br.Cl. The van der Waals surface area contributed by atoms with Crippen LogP contribution < -0.4 is 5.73 Å². The molecule has 1 aromatic rings. The second-order valence-electron chi connectivity index (χ2n) is 3.55. The molecule has 0 saturated carbocycles. The first kappa shape index (κ1) is 16.2. The highest BCUT2D eigenvalue weighted by Gasteiger charge is 2.18. The van der Waals surface area contributed by atoms with Gasteiger partial charge in [0.1, 0.15) is 0 Å². The molecular formula is C11H16BrCl2NO. The molecule has 92 valence electrons. The van der Waals surface area contributed by atoms with Crippen LogP contribution in [-0.4, -0.2) is 11.2 Å². The summed E-state index contributed by atoms with van der Waals surface area (Å²) in [6.45, 7) is 2.02. The van der Waals surface area contributed by atoms with E-state index < -0.39 is 6.10 Å². The summed E-state index contributed by atoms with van der Waals surface area (Å²) in [5.41, 5.74) is 6.84. The first-order valence-electron chi connectivity index (χ1n) is 4.94. The van der Waals surface area contributed by atoms with Crippen molar-refractivity contribution < 1.29 is 5.11 Å². The second kappa shape index (κ2) is 7.51. The van der Waals surface area contributed by atoms with Gasteiger partial charge in [-0.15, -0.1) is 12.4 Å². The molecule has 0 spiro atoms. The van der Waals surface area contributed by atoms with Crippen molar-refractivity contribution in [3.8, 4) is 0 Å². The molecule has 0 aromatic heterocycles. The van der Waals surface area contributed by atoms with Gasteiger partial charge in [-0.05, 0) is 24.1 Å². The van der Waals surface area contributed by atoms with E-state index in [-0.39, 0.29) is 18.4 Å². The Hall–Kier alpha value is 0.200. The molecule has 0 radical (unpaired) electrons. The topological polar surface area (TPSA) is 46.2 Å². The number of halogens is 3. The van der Waals surface area contributed by atoms with Gasteiger partial charge in [0, 0.05) is 9.50 Å². The van der Waals surface area contributed by atoms with Gasteiger partial charge in [-0.1, -0.05) is 46.9 Å². The summed E-state index contributed by atoms with van der Waals surface area (Å²) in [6.07, 6.45) is 1.11. The van der Waals surface area contributed by atoms with E-state index in [0.717, 1.165) is 16.5 Å². The maximum absolute atomic E-state index is 9.79. The molecular weight excluding hydrogens is 313 g/mol. The van der Waals surface area contributed by atoms with Gasteiger partial charge in [-0.25, -0.2) is 0 Å². The largest absolute Gasteiger partial charge is 0.391 e. The molecule has 0 amide bonds. The summed E-state index contributed by atoms with van der Waals surface area (Å²) in [7, 11) is 0. The zero-order valence-corrected chi connectivity index (χ0v) is 12.1. The first-order valence-corrected chi connectivity index (χ1v) is 6.12. The van der Waals surface area contributed by atoms with Crippen LogP contribution in [0.25, 0.3) is 0 Å². The lowest BCUT2D eigenvalue weighted by Crippen LogP contribution is -2.26. The summed E-state index contributed by atoms with van der Waals surface area (Å²) in [5.74, 6) is 0. The average Bonchev–Trinajstić information content (AvgIpc) is 2.17. The Balaban J connectivity index is 0.00000225. The first-order chi connectivity index (χ1) is 7.06. The zero-order valence-electron chi connectivity index (χ0n) is 8.99. The fraction of sp³-hybridized carbons (Fsp3) is 0.455. The van der Waals surface area contributed by atoms with Crippen molar-refractivity contribution in [2.45, 2.75) is 31.9 Å². The van der Waals surface area contributed by atoms with Gasteiger partial charge in [0.2, 0.25) is 0 Å². The molecule has 0 unspecified atom stereocenters. The third-order valence-electron chi connectivity index (χ3n) is 2.32. The molecule has 2 atom stereocenters. The summed E-state index contributed by atoms with van der Waals surface area (Å²) in [5, 5.41) is 10.4. The quantitative estimate of drug-likeness (QED) is 0.885. The Kier molecular flexibility index (Phi) is 7.61. The van der Waals surface area contributed by atoms with Crippen LogP contribution in [0.15, 0.2) is 22.7 Å². The molecule has 0 aliphatic carbocycles. The Labute approximate surface area is 116 Å². The molecule has 2 nitrogen and oxygen atoms in total. The van der Waals surface area contributed by atoms with Crippen molar-refractivity contribution in [2.75, 3.05) is 0 Å². The van der Waals surface area contributed by atoms with E-state index in [0.29, 0.717) is 11.4 Å². The maximum Gasteiger partial charge on any atom is 0.0733 e. The Morgan fingerprint density at radius 3 is 2.62 bits per heavy atom. The standard InChI is InChI=1S/C11H15BrClNO.ClH/c1-2-3-10(15)11(14)8-5-4-7(13)6-9(8)12;/h4-6,10-11,15H,2-3,14H2,1H3;1H/t10-,11+;/m1./s1. The predicted octanol–water partition coefficient (Wildman–Crippen LogP) is 3.69. The van der Waals surface area contributed by atoms with Crippen molar-refractivity contribution >= 4 is 39.9 Å². The van der Waals surface area contributed by atoms with Gasteiger partial charge in [0.15, 0.2) is 0 Å². The Morgan fingerprint density at radius 2 is 2.12 bits per heavy atom. The van der Waals surface area contributed by atoms with Crippen molar-refractivity contribution in [1.82, 2.24) is 0 Å². The number of hydrogen-bond donors (Lipinski definition) is 2. The molecule has 0 heterocycles. The van der Waals surface area contributed by atoms with Crippen LogP contribution in [-0.2, 0) is 0 Å². The highest BCUT2D eigenvalue weighted by Crippen LogP contribution is 2.28. The monoisotopic (exact) mass is 327 g/mol. The molecule has 0 saturated heterocycles. The van der Waals surface area contributed by atoms with Crippen LogP contribution in [0.4, 0.5) is 0 Å². The minimum Gasteiger partial charge on any atom is -0.391 e. The lowest BCUT2D eigenvalue weighted by molar-refractivity contribution is 0.134. The fourth-order valence-corrected chi connectivity index (χ4v) is 2.40. The summed E-state index contributed by atoms with van der Waals surface area (Å²) < 4.78 is 0.845. The minimum atomic E-state index is -0.507. The number of benzene rings is 1. The van der Waals surface area contributed by atoms with E-state index in [1.807, 2.05) is 13.0 Å². The molecule has 1 aromatic carbocycles. The molecule has 5 heteroatoms. The molecule has 3 N–H and O–H groups in total. The summed E-state index contributed by atoms with van der Waals surface area (Å²) in [6, 6.07) is 5.04. The van der Waals surface area contributed by atoms with Gasteiger partial charge >= 0.3 is 0 Å². The smallest absolute Gasteiger partial charge is 0.0733 e. The lowest BCUT2D eigenvalue weighted by atomic mass is 9.99. The van der Waals surface area contributed by atoms with E-state index >= 15 is 0 Å². The number of aliphatic hydroxyl groups is 1. The van der Waals surface area contributed by atoms with Crippen molar-refractivity contribution in [3.63, 3.8) is 0 Å². The van der Waals surface area contributed by atoms with Gasteiger partial charge in [-0.3, -0.25) is 0 Å². The van der Waals surface area contributed by atoms with E-state index in [2.05, 4.69) is 15.9 Å². The molecule has 0 aliphatic heterocycles. The number of rotatable bonds is 4. The highest BCUT2D eigenvalue weighted by molar-refractivity contribution is 9.10. The summed E-state index contributed by atoms with van der Waals surface area (Å²) in [4.78, 5) is 0. The second-order valence-corrected chi connectivity index (χ2v) is 4.84. The van der Waals surface area contributed by atoms with Gasteiger partial charge < -0.3 is 10.8 Å². The maximum atomic E-state index is 9.79. The molecule has 16 heavy (non-hydrogen) atoms. The van der Waals surface area contributed by atoms with Crippen LogP contribution in [0.1, 0.15) is 31.4 Å². The third-order valence-corrected chi connectivity index (χ3v) is 3.24. The number of hydrogen-bond acceptors (Lipinski definition) is 2. The Bertz CT molecular complexity index is 336. The van der Waals surface area contributed by atoms with Crippen LogP contribution in [0, 0.1) is 0 Å². The van der Waals surface area contributed by atoms with E-state index in [4.69, 9.17) is 17.3 Å². The van der Waals surface area contributed by atoms with Crippen molar-refractivity contribution in [3.05, 3.63) is 33.3 Å². The van der Waals surface area contributed by atoms with Crippen LogP contribution in [0.5, 0.6) is 0 Å². The minimum absolute atomic E-state index is 0. The number of nitrogens with two attached hydrogens (primary N) is 1. The zero-order chi connectivity index (χ0) is 11.4. The van der Waals surface area contributed by atoms with Crippen LogP contribution in [0.2, 0.25) is 5.02 Å². The average molecular weight is 329 g/mol. The molecule has 1 rings (SSSR count).